The summed E-state index contributed by atoms with van der Waals surface area (Å²) in [6.07, 6.45) is 0. The van der Waals surface area contributed by atoms with Crippen LogP contribution in [0.15, 0.2) is 200 Å². The molecule has 0 unspecified atom stereocenters. The van der Waals surface area contributed by atoms with E-state index in [2.05, 4.69) is 277 Å². The van der Waals surface area contributed by atoms with Crippen LogP contribution in [0.5, 0.6) is 0 Å². The third kappa shape index (κ3) is 6.37. The van der Waals surface area contributed by atoms with Gasteiger partial charge in [-0.15, -0.1) is 11.3 Å². The number of aryl methyl sites for hydroxylation is 1. The Kier molecular flexibility index (Phi) is 9.99. The van der Waals surface area contributed by atoms with Crippen molar-refractivity contribution in [1.82, 2.24) is 0 Å². The van der Waals surface area contributed by atoms with Crippen LogP contribution in [0, 0.1) is 6.92 Å². The number of fused-ring (bicyclic) bond motifs is 15. The highest BCUT2D eigenvalue weighted by Gasteiger charge is 2.57. The maximum absolute atomic E-state index is 2.68. The first-order valence-electron chi connectivity index (χ1n) is 26.7. The zero-order valence-electron chi connectivity index (χ0n) is 43.6. The smallest absolute Gasteiger partial charge is 0.264 e. The van der Waals surface area contributed by atoms with Crippen LogP contribution in [0.1, 0.15) is 104 Å². The van der Waals surface area contributed by atoms with Gasteiger partial charge in [-0.2, -0.15) is 0 Å². The molecule has 0 N–H and O–H groups in total. The summed E-state index contributed by atoms with van der Waals surface area (Å²) in [5.74, 6) is 0.812. The Balaban J connectivity index is 1.10. The third-order valence-corrected chi connectivity index (χ3v) is 18.2. The van der Waals surface area contributed by atoms with E-state index in [4.69, 9.17) is 0 Å². The Labute approximate surface area is 441 Å². The first-order chi connectivity index (χ1) is 35.9. The minimum Gasteiger partial charge on any atom is -0.311 e. The molecular formula is C70H59BN2S. The number of anilines is 6. The van der Waals surface area contributed by atoms with E-state index in [1.807, 2.05) is 0 Å². The molecule has 4 aliphatic rings. The van der Waals surface area contributed by atoms with E-state index in [-0.39, 0.29) is 12.1 Å². The van der Waals surface area contributed by atoms with Crippen molar-refractivity contribution >= 4 is 67.9 Å². The van der Waals surface area contributed by atoms with Gasteiger partial charge in [0.2, 0.25) is 0 Å². The lowest BCUT2D eigenvalue weighted by atomic mass is 9.36. The maximum atomic E-state index is 2.68. The summed E-state index contributed by atoms with van der Waals surface area (Å²) >= 11 is 2.07. The van der Waals surface area contributed by atoms with Crippen LogP contribution in [-0.4, -0.2) is 6.71 Å². The van der Waals surface area contributed by atoms with Gasteiger partial charge in [0.05, 0.1) is 11.1 Å². The fraction of sp³-hybridized carbons (Fsp3) is 0.171. The first kappa shape index (κ1) is 45.0. The Morgan fingerprint density at radius 3 is 1.66 bits per heavy atom. The Hall–Kier alpha value is -7.66. The Morgan fingerprint density at radius 2 is 1.03 bits per heavy atom. The largest absolute Gasteiger partial charge is 0.311 e. The maximum Gasteiger partial charge on any atom is 0.264 e. The van der Waals surface area contributed by atoms with Crippen LogP contribution in [0.25, 0.3) is 44.5 Å². The summed E-state index contributed by atoms with van der Waals surface area (Å²) in [7, 11) is 0. The summed E-state index contributed by atoms with van der Waals surface area (Å²) in [6, 6.07) is 77.2. The second-order valence-electron chi connectivity index (χ2n) is 22.9. The number of nitrogens with zero attached hydrogens (tertiary/aromatic N) is 2. The number of rotatable bonds is 6. The van der Waals surface area contributed by atoms with Crippen LogP contribution >= 0.6 is 11.3 Å². The molecule has 3 heterocycles. The number of benzene rings is 9. The van der Waals surface area contributed by atoms with E-state index in [0.717, 1.165) is 0 Å². The molecule has 9 aromatic carbocycles. The molecule has 2 aliphatic heterocycles. The molecular weight excluding hydrogens is 912 g/mol. The van der Waals surface area contributed by atoms with Gasteiger partial charge in [-0.05, 0) is 155 Å². The fourth-order valence-electron chi connectivity index (χ4n) is 13.2. The topological polar surface area (TPSA) is 6.48 Å². The zero-order valence-corrected chi connectivity index (χ0v) is 44.4. The van der Waals surface area contributed by atoms with E-state index < -0.39 is 5.41 Å². The van der Waals surface area contributed by atoms with Gasteiger partial charge in [0.15, 0.2) is 0 Å². The second-order valence-corrected chi connectivity index (χ2v) is 23.9. The molecule has 0 fully saturated rings. The molecule has 4 heteroatoms. The number of thiophene rings is 1. The van der Waals surface area contributed by atoms with Gasteiger partial charge in [0.25, 0.3) is 6.71 Å². The molecule has 0 amide bonds. The lowest BCUT2D eigenvalue weighted by Crippen LogP contribution is -2.60. The molecule has 358 valence electrons. The molecule has 0 saturated carbocycles. The molecule has 74 heavy (non-hydrogen) atoms. The average molecular weight is 971 g/mol. The quantitative estimate of drug-likeness (QED) is 0.153. The predicted octanol–water partition coefficient (Wildman–Crippen LogP) is 17.4. The molecule has 0 atom stereocenters. The number of hydrogen-bond acceptors (Lipinski definition) is 3. The minimum absolute atomic E-state index is 0.0152. The van der Waals surface area contributed by atoms with Crippen molar-refractivity contribution in [2.24, 2.45) is 0 Å². The van der Waals surface area contributed by atoms with E-state index >= 15 is 0 Å². The van der Waals surface area contributed by atoms with Gasteiger partial charge < -0.3 is 9.80 Å². The van der Waals surface area contributed by atoms with Crippen molar-refractivity contribution in [2.75, 3.05) is 9.80 Å². The molecule has 14 rings (SSSR count). The normalized spacial score (nSPS) is 14.2. The van der Waals surface area contributed by atoms with Gasteiger partial charge in [-0.25, -0.2) is 0 Å². The fourth-order valence-corrected chi connectivity index (χ4v) is 14.9. The zero-order chi connectivity index (χ0) is 50.4. The molecule has 10 aromatic rings. The van der Waals surface area contributed by atoms with Crippen molar-refractivity contribution in [3.05, 3.63) is 244 Å². The van der Waals surface area contributed by atoms with Crippen LogP contribution in [-0.2, 0) is 10.8 Å². The predicted molar refractivity (Wildman–Crippen MR) is 317 cm³/mol. The molecule has 2 nitrogen and oxygen atoms in total. The van der Waals surface area contributed by atoms with E-state index in [9.17, 15) is 0 Å². The second kappa shape index (κ2) is 16.4. The average Bonchev–Trinajstić information content (AvgIpc) is 4.05. The summed E-state index contributed by atoms with van der Waals surface area (Å²) < 4.78 is 1.40. The van der Waals surface area contributed by atoms with E-state index in [1.165, 1.54) is 138 Å². The Bertz CT molecular complexity index is 3860. The van der Waals surface area contributed by atoms with Gasteiger partial charge in [0, 0.05) is 43.7 Å². The van der Waals surface area contributed by atoms with Crippen molar-refractivity contribution in [3.8, 4) is 44.5 Å². The number of hydrogen-bond donors (Lipinski definition) is 0. The highest BCUT2D eigenvalue weighted by atomic mass is 32.1. The highest BCUT2D eigenvalue weighted by Crippen LogP contribution is 2.67. The standard InChI is InChI=1S/C70H59BN2S/c1-42(2)45-26-32-50(33-27-45)72-61-41-48(53-21-13-12-20-52(53)46-18-10-9-11-19-46)29-37-60(61)71-65-62(72)38-44(5)39-63(65)73(51-34-30-49(31-35-51)69(6,7)8)66-64-56-36-28-47(43(3)4)40-59(56)70(67(64)74-68(66)71)57-24-16-14-22-54(57)55-23-15-17-25-58(55)70/h9-43H,1-8H3. The van der Waals surface area contributed by atoms with Crippen molar-refractivity contribution in [3.63, 3.8) is 0 Å². The monoisotopic (exact) mass is 970 g/mol. The highest BCUT2D eigenvalue weighted by molar-refractivity contribution is 7.30. The van der Waals surface area contributed by atoms with Crippen molar-refractivity contribution < 1.29 is 0 Å². The lowest BCUT2D eigenvalue weighted by Gasteiger charge is -2.44. The summed E-state index contributed by atoms with van der Waals surface area (Å²) in [5.41, 5.74) is 29.4. The van der Waals surface area contributed by atoms with Crippen LogP contribution in [0.4, 0.5) is 34.1 Å². The molecule has 0 radical (unpaired) electrons. The molecule has 0 saturated heterocycles. The van der Waals surface area contributed by atoms with Crippen LogP contribution in [0.2, 0.25) is 0 Å². The van der Waals surface area contributed by atoms with Gasteiger partial charge >= 0.3 is 0 Å². The molecule has 0 bridgehead atoms. The first-order valence-corrected chi connectivity index (χ1v) is 27.5. The SMILES string of the molecule is Cc1cc2c3c(c1)N(c1ccc(C(C)(C)C)cc1)c1c(sc4c1-c1ccc(C(C)C)cc1C41c4ccccc4-c4ccccc41)B3c1ccc(-c3ccccc3-c3ccccc3)cc1N2c1ccc(C(C)C)cc1. The minimum atomic E-state index is -0.482. The van der Waals surface area contributed by atoms with E-state index in [0.29, 0.717) is 11.8 Å². The summed E-state index contributed by atoms with van der Waals surface area (Å²) in [4.78, 5) is 6.71. The van der Waals surface area contributed by atoms with E-state index in [1.54, 1.807) is 0 Å². The lowest BCUT2D eigenvalue weighted by molar-refractivity contribution is 0.590. The summed E-state index contributed by atoms with van der Waals surface area (Å²) in [5, 5.41) is 0. The van der Waals surface area contributed by atoms with Crippen molar-refractivity contribution in [1.29, 1.82) is 0 Å². The van der Waals surface area contributed by atoms with Crippen LogP contribution in [0.3, 0.4) is 0 Å². The van der Waals surface area contributed by atoms with Gasteiger partial charge in [-0.3, -0.25) is 0 Å². The van der Waals surface area contributed by atoms with Crippen molar-refractivity contribution in [2.45, 2.75) is 78.1 Å². The molecule has 1 aromatic heterocycles. The molecule has 2 aliphatic carbocycles. The summed E-state index contributed by atoms with van der Waals surface area (Å²) in [6.45, 7) is 18.5. The van der Waals surface area contributed by atoms with Gasteiger partial charge in [0.1, 0.15) is 0 Å². The van der Waals surface area contributed by atoms with Gasteiger partial charge in [-0.1, -0.05) is 206 Å². The third-order valence-electron chi connectivity index (χ3n) is 16.8. The van der Waals surface area contributed by atoms with Crippen LogP contribution < -0.4 is 25.5 Å². The molecule has 1 spiro atoms. The Morgan fingerprint density at radius 1 is 0.473 bits per heavy atom.